The van der Waals surface area contributed by atoms with Crippen LogP contribution in [0.4, 0.5) is 0 Å². The Morgan fingerprint density at radius 3 is 2.29 bits per heavy atom. The van der Waals surface area contributed by atoms with Crippen LogP contribution in [-0.2, 0) is 12.8 Å². The molecule has 4 heterocycles. The van der Waals surface area contributed by atoms with Crippen LogP contribution in [0.2, 0.25) is 0 Å². The summed E-state index contributed by atoms with van der Waals surface area (Å²) in [6, 6.07) is 26.5. The van der Waals surface area contributed by atoms with Gasteiger partial charge in [-0.25, -0.2) is 9.97 Å². The van der Waals surface area contributed by atoms with E-state index in [1.165, 1.54) is 44.5 Å². The Bertz CT molecular complexity index is 2070. The molecule has 0 fully saturated rings. The van der Waals surface area contributed by atoms with E-state index in [4.69, 9.17) is 9.97 Å². The Hall–Kier alpha value is -4.57. The molecule has 3 aromatic carbocycles. The maximum absolute atomic E-state index is 5.01. The van der Waals surface area contributed by atoms with Crippen molar-refractivity contribution in [2.45, 2.75) is 12.8 Å². The molecule has 0 aliphatic heterocycles. The highest BCUT2D eigenvalue weighted by atomic mass is 15.1. The molecule has 9 rings (SSSR count). The minimum absolute atomic E-state index is 0.765. The fourth-order valence-electron chi connectivity index (χ4n) is 6.45. The zero-order valence-corrected chi connectivity index (χ0v) is 18.8. The molecular weight excluding hydrogens is 428 g/mol. The fraction of sp³-hybridized carbons (Fsp3) is 0.0645. The van der Waals surface area contributed by atoms with Crippen LogP contribution in [0.1, 0.15) is 22.3 Å². The van der Waals surface area contributed by atoms with Gasteiger partial charge in [0.05, 0.1) is 16.6 Å². The molecule has 0 saturated heterocycles. The molecule has 2 aliphatic rings. The smallest absolute Gasteiger partial charge is 0.178 e. The van der Waals surface area contributed by atoms with E-state index in [0.717, 1.165) is 51.5 Å². The summed E-state index contributed by atoms with van der Waals surface area (Å²) in [6.45, 7) is 0. The zero-order valence-electron chi connectivity index (χ0n) is 18.8. The summed E-state index contributed by atoms with van der Waals surface area (Å²) in [6.07, 6.45) is 5.66. The summed E-state index contributed by atoms with van der Waals surface area (Å²) in [5.41, 5.74) is 16.0. The summed E-state index contributed by atoms with van der Waals surface area (Å²) in [5, 5.41) is 2.29. The molecule has 0 bridgehead atoms. The standard InChI is InChI=1S/C31H18N4/c1-2-6-21-17(5-1)13-18-9-10-19-14-20-15-23-24(16-22(20)28(19)27(18)21)31-34-30-26(8-4-12-33-30)35(31)25-7-3-11-32-29(23)25/h1-12,15-16H,13-14H2. The summed E-state index contributed by atoms with van der Waals surface area (Å²) in [4.78, 5) is 14.4. The van der Waals surface area contributed by atoms with Gasteiger partial charge in [0.25, 0.3) is 0 Å². The zero-order chi connectivity index (χ0) is 22.7. The van der Waals surface area contributed by atoms with Crippen molar-refractivity contribution in [3.8, 4) is 22.3 Å². The lowest BCUT2D eigenvalue weighted by Crippen LogP contribution is -1.94. The number of rotatable bonds is 0. The molecule has 0 N–H and O–H groups in total. The Kier molecular flexibility index (Phi) is 3.11. The van der Waals surface area contributed by atoms with Crippen molar-refractivity contribution < 1.29 is 0 Å². The van der Waals surface area contributed by atoms with Gasteiger partial charge in [0.2, 0.25) is 0 Å². The van der Waals surface area contributed by atoms with Gasteiger partial charge in [-0.3, -0.25) is 9.38 Å². The highest BCUT2D eigenvalue weighted by molar-refractivity contribution is 6.14. The van der Waals surface area contributed by atoms with Crippen LogP contribution in [0.15, 0.2) is 85.2 Å². The monoisotopic (exact) mass is 446 g/mol. The molecule has 4 nitrogen and oxygen atoms in total. The van der Waals surface area contributed by atoms with Crippen LogP contribution < -0.4 is 0 Å². The van der Waals surface area contributed by atoms with Crippen molar-refractivity contribution >= 4 is 38.6 Å². The number of nitrogens with zero attached hydrogens (tertiary/aromatic N) is 4. The van der Waals surface area contributed by atoms with E-state index in [2.05, 4.69) is 70.0 Å². The van der Waals surface area contributed by atoms with E-state index < -0.39 is 0 Å². The molecule has 4 aromatic heterocycles. The van der Waals surface area contributed by atoms with Crippen molar-refractivity contribution in [2.24, 2.45) is 0 Å². The molecular formula is C31H18N4. The topological polar surface area (TPSA) is 43.1 Å². The fourth-order valence-corrected chi connectivity index (χ4v) is 6.45. The molecule has 0 atom stereocenters. The molecule has 7 aromatic rings. The second-order valence-electron chi connectivity index (χ2n) is 9.69. The third kappa shape index (κ3) is 2.15. The van der Waals surface area contributed by atoms with Gasteiger partial charge in [-0.05, 0) is 93.7 Å². The van der Waals surface area contributed by atoms with E-state index in [9.17, 15) is 0 Å². The Labute approximate surface area is 200 Å². The molecule has 162 valence electrons. The molecule has 4 heteroatoms. The highest BCUT2D eigenvalue weighted by Gasteiger charge is 2.29. The van der Waals surface area contributed by atoms with E-state index in [1.54, 1.807) is 0 Å². The lowest BCUT2D eigenvalue weighted by molar-refractivity contribution is 1.23. The van der Waals surface area contributed by atoms with Gasteiger partial charge in [-0.15, -0.1) is 0 Å². The van der Waals surface area contributed by atoms with Crippen LogP contribution in [0.3, 0.4) is 0 Å². The van der Waals surface area contributed by atoms with Gasteiger partial charge >= 0.3 is 0 Å². The number of aromatic nitrogens is 4. The molecule has 0 unspecified atom stereocenters. The molecule has 0 radical (unpaired) electrons. The lowest BCUT2D eigenvalue weighted by Gasteiger charge is -2.12. The Morgan fingerprint density at radius 1 is 0.600 bits per heavy atom. The van der Waals surface area contributed by atoms with Crippen molar-refractivity contribution in [1.29, 1.82) is 0 Å². The second kappa shape index (κ2) is 6.10. The van der Waals surface area contributed by atoms with E-state index in [-0.39, 0.29) is 0 Å². The molecule has 0 saturated carbocycles. The minimum Gasteiger partial charge on any atom is -0.288 e. The lowest BCUT2D eigenvalue weighted by atomic mass is 9.93. The largest absolute Gasteiger partial charge is 0.288 e. The quantitative estimate of drug-likeness (QED) is 0.243. The summed E-state index contributed by atoms with van der Waals surface area (Å²) < 4.78 is 2.22. The number of imidazole rings is 1. The predicted octanol–water partition coefficient (Wildman–Crippen LogP) is 6.73. The first kappa shape index (κ1) is 17.8. The van der Waals surface area contributed by atoms with E-state index in [1.807, 2.05) is 24.5 Å². The summed E-state index contributed by atoms with van der Waals surface area (Å²) >= 11 is 0. The van der Waals surface area contributed by atoms with Crippen LogP contribution >= 0.6 is 0 Å². The predicted molar refractivity (Wildman–Crippen MR) is 140 cm³/mol. The second-order valence-corrected chi connectivity index (χ2v) is 9.69. The van der Waals surface area contributed by atoms with Crippen LogP contribution in [-0.4, -0.2) is 19.4 Å². The van der Waals surface area contributed by atoms with Crippen LogP contribution in [0.5, 0.6) is 0 Å². The third-order valence-corrected chi connectivity index (χ3v) is 7.89. The Balaban J connectivity index is 1.45. The number of benzene rings is 3. The number of pyridine rings is 3. The summed E-state index contributed by atoms with van der Waals surface area (Å²) in [7, 11) is 0. The third-order valence-electron chi connectivity index (χ3n) is 7.89. The first-order valence-electron chi connectivity index (χ1n) is 12.0. The van der Waals surface area contributed by atoms with Gasteiger partial charge in [0, 0.05) is 23.2 Å². The SMILES string of the molecule is c1ccc2c(c1)Cc1ccc3c(c1-2)-c1cc2c(cc1C3)c1ncccc1n1c3cccnc3nc21. The van der Waals surface area contributed by atoms with E-state index in [0.29, 0.717) is 0 Å². The maximum atomic E-state index is 5.01. The number of hydrogen-bond acceptors (Lipinski definition) is 3. The average Bonchev–Trinajstić information content (AvgIpc) is 3.58. The van der Waals surface area contributed by atoms with Gasteiger partial charge in [0.1, 0.15) is 5.65 Å². The number of hydrogen-bond donors (Lipinski definition) is 0. The Morgan fingerprint density at radius 2 is 1.37 bits per heavy atom. The molecule has 35 heavy (non-hydrogen) atoms. The number of fused-ring (bicyclic) bond motifs is 15. The summed E-state index contributed by atoms with van der Waals surface area (Å²) in [5.74, 6) is 0. The first-order valence-corrected chi connectivity index (χ1v) is 12.0. The molecule has 0 spiro atoms. The molecule has 2 aliphatic carbocycles. The van der Waals surface area contributed by atoms with E-state index >= 15 is 0 Å². The molecule has 0 amide bonds. The van der Waals surface area contributed by atoms with Gasteiger partial charge in [-0.2, -0.15) is 0 Å². The van der Waals surface area contributed by atoms with Crippen molar-refractivity contribution in [3.63, 3.8) is 0 Å². The van der Waals surface area contributed by atoms with Crippen molar-refractivity contribution in [2.75, 3.05) is 0 Å². The minimum atomic E-state index is 0.765. The highest BCUT2D eigenvalue weighted by Crippen LogP contribution is 2.50. The first-order chi connectivity index (χ1) is 17.3. The van der Waals surface area contributed by atoms with Crippen molar-refractivity contribution in [3.05, 3.63) is 107 Å². The van der Waals surface area contributed by atoms with Crippen LogP contribution in [0, 0.1) is 0 Å². The normalized spacial score (nSPS) is 13.5. The maximum Gasteiger partial charge on any atom is 0.178 e. The van der Waals surface area contributed by atoms with Gasteiger partial charge < -0.3 is 0 Å². The van der Waals surface area contributed by atoms with Crippen LogP contribution in [0.25, 0.3) is 60.9 Å². The average molecular weight is 447 g/mol. The van der Waals surface area contributed by atoms with Crippen molar-refractivity contribution in [1.82, 2.24) is 19.4 Å². The van der Waals surface area contributed by atoms with Gasteiger partial charge in [-0.1, -0.05) is 36.4 Å². The van der Waals surface area contributed by atoms with Gasteiger partial charge in [0.15, 0.2) is 5.65 Å².